The molecule has 2 heterocycles. The van der Waals surface area contributed by atoms with E-state index in [0.29, 0.717) is 5.41 Å². The molecule has 0 amide bonds. The van der Waals surface area contributed by atoms with Crippen LogP contribution in [0.2, 0.25) is 0 Å². The van der Waals surface area contributed by atoms with E-state index in [9.17, 15) is 0 Å². The molecule has 2 heteroatoms. The highest BCUT2D eigenvalue weighted by Gasteiger charge is 2.42. The molecule has 2 aliphatic heterocycles. The van der Waals surface area contributed by atoms with Gasteiger partial charge in [-0.25, -0.2) is 0 Å². The van der Waals surface area contributed by atoms with Crippen molar-refractivity contribution in [1.82, 2.24) is 5.32 Å². The second kappa shape index (κ2) is 3.99. The number of nitrogens with one attached hydrogen (secondary N) is 1. The van der Waals surface area contributed by atoms with Crippen LogP contribution in [0, 0.1) is 0 Å². The molecule has 1 aromatic rings. The molecule has 1 aromatic carbocycles. The van der Waals surface area contributed by atoms with Crippen molar-refractivity contribution in [1.29, 1.82) is 0 Å². The molecule has 3 rings (SSSR count). The number of rotatable bonds is 0. The highest BCUT2D eigenvalue weighted by atomic mass is 15.2. The molecular weight excluding hydrogens is 220 g/mol. The van der Waals surface area contributed by atoms with Crippen LogP contribution in [-0.2, 0) is 5.41 Å². The largest absolute Gasteiger partial charge is 0.366 e. The molecule has 0 aromatic heterocycles. The van der Waals surface area contributed by atoms with Gasteiger partial charge in [0.2, 0.25) is 0 Å². The summed E-state index contributed by atoms with van der Waals surface area (Å²) in [7, 11) is 0. The van der Waals surface area contributed by atoms with E-state index in [2.05, 4.69) is 55.3 Å². The Hall–Kier alpha value is -1.02. The third kappa shape index (κ3) is 1.74. The maximum Gasteiger partial charge on any atom is 0.0409 e. The fourth-order valence-corrected chi connectivity index (χ4v) is 3.62. The molecule has 98 valence electrons. The van der Waals surface area contributed by atoms with Crippen LogP contribution in [0.25, 0.3) is 0 Å². The molecule has 0 radical (unpaired) electrons. The predicted molar refractivity (Wildman–Crippen MR) is 77.3 cm³/mol. The van der Waals surface area contributed by atoms with Crippen LogP contribution in [0.15, 0.2) is 24.3 Å². The fraction of sp³-hybridized carbons (Fsp3) is 0.625. The van der Waals surface area contributed by atoms with Gasteiger partial charge in [0.05, 0.1) is 0 Å². The normalized spacial score (nSPS) is 27.6. The van der Waals surface area contributed by atoms with E-state index in [1.165, 1.54) is 31.6 Å². The minimum Gasteiger partial charge on any atom is -0.366 e. The van der Waals surface area contributed by atoms with Gasteiger partial charge in [-0.2, -0.15) is 0 Å². The van der Waals surface area contributed by atoms with Gasteiger partial charge in [-0.05, 0) is 51.8 Å². The lowest BCUT2D eigenvalue weighted by Crippen LogP contribution is -2.49. The molecule has 0 saturated carbocycles. The molecule has 2 aliphatic rings. The average Bonchev–Trinajstić information content (AvgIpc) is 2.78. The standard InChI is InChI=1S/C16H24N2/c1-15(2,3)18-11-9-16(8-10-17-12-16)13-6-4-5-7-14(13)18/h4-7,17H,8-12H2,1-3H3. The van der Waals surface area contributed by atoms with Crippen molar-refractivity contribution < 1.29 is 0 Å². The summed E-state index contributed by atoms with van der Waals surface area (Å²) in [5.41, 5.74) is 3.64. The quantitative estimate of drug-likeness (QED) is 0.755. The Morgan fingerprint density at radius 2 is 1.94 bits per heavy atom. The molecule has 1 N–H and O–H groups in total. The van der Waals surface area contributed by atoms with Crippen LogP contribution < -0.4 is 10.2 Å². The van der Waals surface area contributed by atoms with Gasteiger partial charge in [0.25, 0.3) is 0 Å². The van der Waals surface area contributed by atoms with Gasteiger partial charge in [-0.3, -0.25) is 0 Å². The van der Waals surface area contributed by atoms with Crippen LogP contribution in [-0.4, -0.2) is 25.2 Å². The van der Waals surface area contributed by atoms with E-state index in [0.717, 1.165) is 6.54 Å². The van der Waals surface area contributed by atoms with Crippen molar-refractivity contribution >= 4 is 5.69 Å². The zero-order chi connectivity index (χ0) is 12.8. The van der Waals surface area contributed by atoms with Gasteiger partial charge < -0.3 is 10.2 Å². The SMILES string of the molecule is CC(C)(C)N1CCC2(CCNC2)c2ccccc21. The number of anilines is 1. The molecule has 1 spiro atoms. The van der Waals surface area contributed by atoms with Crippen molar-refractivity contribution in [3.8, 4) is 0 Å². The first-order chi connectivity index (χ1) is 8.53. The van der Waals surface area contributed by atoms with Gasteiger partial charge in [0.15, 0.2) is 0 Å². The molecule has 1 saturated heterocycles. The van der Waals surface area contributed by atoms with Gasteiger partial charge >= 0.3 is 0 Å². The fourth-order valence-electron chi connectivity index (χ4n) is 3.62. The van der Waals surface area contributed by atoms with E-state index in [-0.39, 0.29) is 5.54 Å². The maximum absolute atomic E-state index is 3.56. The van der Waals surface area contributed by atoms with Crippen LogP contribution >= 0.6 is 0 Å². The Morgan fingerprint density at radius 1 is 1.17 bits per heavy atom. The van der Waals surface area contributed by atoms with Crippen molar-refractivity contribution in [2.45, 2.75) is 44.6 Å². The van der Waals surface area contributed by atoms with Gasteiger partial charge in [0, 0.05) is 29.7 Å². The van der Waals surface area contributed by atoms with E-state index in [1.54, 1.807) is 5.56 Å². The topological polar surface area (TPSA) is 15.3 Å². The van der Waals surface area contributed by atoms with Crippen molar-refractivity contribution in [2.75, 3.05) is 24.5 Å². The Labute approximate surface area is 110 Å². The van der Waals surface area contributed by atoms with E-state index >= 15 is 0 Å². The number of hydrogen-bond donors (Lipinski definition) is 1. The van der Waals surface area contributed by atoms with Crippen LogP contribution in [0.5, 0.6) is 0 Å². The van der Waals surface area contributed by atoms with Crippen molar-refractivity contribution in [2.24, 2.45) is 0 Å². The molecule has 2 nitrogen and oxygen atoms in total. The van der Waals surface area contributed by atoms with Gasteiger partial charge in [-0.1, -0.05) is 18.2 Å². The summed E-state index contributed by atoms with van der Waals surface area (Å²) in [5.74, 6) is 0. The second-order valence-corrected chi connectivity index (χ2v) is 6.80. The lowest BCUT2D eigenvalue weighted by molar-refractivity contribution is 0.376. The summed E-state index contributed by atoms with van der Waals surface area (Å²) in [4.78, 5) is 2.58. The molecule has 18 heavy (non-hydrogen) atoms. The number of benzene rings is 1. The number of hydrogen-bond acceptors (Lipinski definition) is 2. The smallest absolute Gasteiger partial charge is 0.0409 e. The van der Waals surface area contributed by atoms with Crippen molar-refractivity contribution in [3.63, 3.8) is 0 Å². The molecule has 0 bridgehead atoms. The minimum atomic E-state index is 0.212. The first-order valence-electron chi connectivity index (χ1n) is 7.11. The summed E-state index contributed by atoms with van der Waals surface area (Å²) >= 11 is 0. The molecule has 0 aliphatic carbocycles. The maximum atomic E-state index is 3.56. The zero-order valence-corrected chi connectivity index (χ0v) is 11.8. The molecule has 1 atom stereocenters. The van der Waals surface area contributed by atoms with E-state index in [4.69, 9.17) is 0 Å². The van der Waals surface area contributed by atoms with Gasteiger partial charge in [-0.15, -0.1) is 0 Å². The highest BCUT2D eigenvalue weighted by Crippen LogP contribution is 2.45. The zero-order valence-electron chi connectivity index (χ0n) is 11.8. The summed E-state index contributed by atoms with van der Waals surface area (Å²) in [5, 5.41) is 3.56. The Kier molecular flexibility index (Phi) is 2.67. The Morgan fingerprint density at radius 3 is 2.61 bits per heavy atom. The first-order valence-corrected chi connectivity index (χ1v) is 7.11. The summed E-state index contributed by atoms with van der Waals surface area (Å²) in [6.45, 7) is 10.5. The Balaban J connectivity index is 2.08. The van der Waals surface area contributed by atoms with Crippen LogP contribution in [0.1, 0.15) is 39.2 Å². The molecule has 1 fully saturated rings. The highest BCUT2D eigenvalue weighted by molar-refractivity contribution is 5.61. The number of para-hydroxylation sites is 1. The minimum absolute atomic E-state index is 0.212. The van der Waals surface area contributed by atoms with E-state index in [1.807, 2.05) is 0 Å². The predicted octanol–water partition coefficient (Wildman–Crippen LogP) is 2.93. The third-order valence-electron chi connectivity index (χ3n) is 4.63. The summed E-state index contributed by atoms with van der Waals surface area (Å²) < 4.78 is 0. The molecular formula is C16H24N2. The summed E-state index contributed by atoms with van der Waals surface area (Å²) in [6.07, 6.45) is 2.58. The lowest BCUT2D eigenvalue weighted by Gasteiger charge is -2.47. The number of fused-ring (bicyclic) bond motifs is 2. The van der Waals surface area contributed by atoms with Gasteiger partial charge in [0.1, 0.15) is 0 Å². The second-order valence-electron chi connectivity index (χ2n) is 6.80. The Bertz CT molecular complexity index is 439. The average molecular weight is 244 g/mol. The van der Waals surface area contributed by atoms with Crippen molar-refractivity contribution in [3.05, 3.63) is 29.8 Å². The van der Waals surface area contributed by atoms with Crippen LogP contribution in [0.3, 0.4) is 0 Å². The lowest BCUT2D eigenvalue weighted by atomic mass is 9.73. The first kappa shape index (κ1) is 12.0. The van der Waals surface area contributed by atoms with Crippen LogP contribution in [0.4, 0.5) is 5.69 Å². The molecule has 1 unspecified atom stereocenters. The third-order valence-corrected chi connectivity index (χ3v) is 4.63. The number of nitrogens with zero attached hydrogens (tertiary/aromatic N) is 1. The van der Waals surface area contributed by atoms with E-state index < -0.39 is 0 Å². The monoisotopic (exact) mass is 244 g/mol. The summed E-state index contributed by atoms with van der Waals surface area (Å²) in [6, 6.07) is 9.03.